The molecule has 0 aromatic carbocycles. The highest BCUT2D eigenvalue weighted by atomic mass is 16.2. The first kappa shape index (κ1) is 19.7. The van der Waals surface area contributed by atoms with E-state index >= 15 is 0 Å². The number of amides is 1. The first-order valence-electron chi connectivity index (χ1n) is 10.8. The van der Waals surface area contributed by atoms with Crippen LogP contribution in [-0.2, 0) is 6.54 Å². The van der Waals surface area contributed by atoms with Crippen LogP contribution in [0.1, 0.15) is 41.6 Å². The van der Waals surface area contributed by atoms with Crippen LogP contribution in [0, 0.1) is 6.92 Å². The molecule has 8 nitrogen and oxygen atoms in total. The normalized spacial score (nSPS) is 15.4. The van der Waals surface area contributed by atoms with Crippen molar-refractivity contribution >= 4 is 22.6 Å². The molecule has 1 amide bonds. The van der Waals surface area contributed by atoms with Gasteiger partial charge in [0.25, 0.3) is 5.91 Å². The predicted molar refractivity (Wildman–Crippen MR) is 119 cm³/mol. The molecule has 0 unspecified atom stereocenters. The molecule has 31 heavy (non-hydrogen) atoms. The minimum Gasteiger partial charge on any atom is -0.336 e. The van der Waals surface area contributed by atoms with Gasteiger partial charge in [0.1, 0.15) is 5.65 Å². The summed E-state index contributed by atoms with van der Waals surface area (Å²) in [6.45, 7) is 9.93. The molecule has 0 N–H and O–H groups in total. The molecule has 0 saturated carbocycles. The number of hydrogen-bond donors (Lipinski definition) is 0. The SMILES string of the molecule is Cc1nc2c(cnn2C(C)C)cc1C(=O)N1CCN(Cc2cn3ccccc3n2)CC1. The summed E-state index contributed by atoms with van der Waals surface area (Å²) in [5.41, 5.74) is 4.28. The Kier molecular flexibility index (Phi) is 4.94. The second-order valence-corrected chi connectivity index (χ2v) is 8.48. The third kappa shape index (κ3) is 3.67. The van der Waals surface area contributed by atoms with Gasteiger partial charge in [-0.2, -0.15) is 5.10 Å². The van der Waals surface area contributed by atoms with E-state index in [2.05, 4.69) is 35.0 Å². The van der Waals surface area contributed by atoms with E-state index in [1.54, 1.807) is 6.20 Å². The lowest BCUT2D eigenvalue weighted by atomic mass is 10.1. The molecule has 160 valence electrons. The molecule has 4 aromatic rings. The number of hydrogen-bond acceptors (Lipinski definition) is 5. The van der Waals surface area contributed by atoms with Crippen LogP contribution in [-0.4, -0.2) is 66.0 Å². The number of carbonyl (C=O) groups excluding carboxylic acids is 1. The first-order valence-corrected chi connectivity index (χ1v) is 10.8. The van der Waals surface area contributed by atoms with Crippen LogP contribution in [0.4, 0.5) is 0 Å². The first-order chi connectivity index (χ1) is 15.0. The Bertz CT molecular complexity index is 1210. The van der Waals surface area contributed by atoms with E-state index < -0.39 is 0 Å². The molecule has 1 aliphatic rings. The van der Waals surface area contributed by atoms with Crippen molar-refractivity contribution in [3.8, 4) is 0 Å². The van der Waals surface area contributed by atoms with E-state index in [1.165, 1.54) is 0 Å². The van der Waals surface area contributed by atoms with E-state index in [0.717, 1.165) is 47.7 Å². The van der Waals surface area contributed by atoms with Crippen molar-refractivity contribution in [1.82, 2.24) is 33.9 Å². The van der Waals surface area contributed by atoms with Crippen molar-refractivity contribution in [3.63, 3.8) is 0 Å². The van der Waals surface area contributed by atoms with Gasteiger partial charge in [0.2, 0.25) is 0 Å². The monoisotopic (exact) mass is 417 g/mol. The standard InChI is InChI=1S/C23H27N7O/c1-16(2)30-22-18(13-24-30)12-20(17(3)25-22)23(31)28-10-8-27(9-11-28)14-19-15-29-7-5-4-6-21(29)26-19/h4-7,12-13,15-16H,8-11,14H2,1-3H3. The summed E-state index contributed by atoms with van der Waals surface area (Å²) in [7, 11) is 0. The minimum absolute atomic E-state index is 0.0524. The van der Waals surface area contributed by atoms with Gasteiger partial charge in [-0.15, -0.1) is 0 Å². The maximum atomic E-state index is 13.2. The third-order valence-corrected chi connectivity index (χ3v) is 5.94. The lowest BCUT2D eigenvalue weighted by Crippen LogP contribution is -2.48. The second kappa shape index (κ2) is 7.77. The lowest BCUT2D eigenvalue weighted by Gasteiger charge is -2.34. The molecule has 0 aliphatic carbocycles. The van der Waals surface area contributed by atoms with E-state index in [1.807, 2.05) is 51.4 Å². The molecular formula is C23H27N7O. The Morgan fingerprint density at radius 3 is 2.68 bits per heavy atom. The molecule has 0 radical (unpaired) electrons. The fourth-order valence-corrected chi connectivity index (χ4v) is 4.23. The van der Waals surface area contributed by atoms with Crippen molar-refractivity contribution in [3.05, 3.63) is 59.8 Å². The van der Waals surface area contributed by atoms with Crippen molar-refractivity contribution < 1.29 is 4.79 Å². The maximum absolute atomic E-state index is 13.2. The van der Waals surface area contributed by atoms with Crippen molar-refractivity contribution in [2.75, 3.05) is 26.2 Å². The molecule has 5 heterocycles. The average Bonchev–Trinajstić information content (AvgIpc) is 3.36. The highest BCUT2D eigenvalue weighted by molar-refractivity contribution is 5.98. The highest BCUT2D eigenvalue weighted by Gasteiger charge is 2.25. The maximum Gasteiger partial charge on any atom is 0.255 e. The van der Waals surface area contributed by atoms with Gasteiger partial charge in [0, 0.05) is 56.5 Å². The number of aromatic nitrogens is 5. The topological polar surface area (TPSA) is 71.6 Å². The molecule has 5 rings (SSSR count). The molecule has 4 aromatic heterocycles. The Balaban J connectivity index is 1.27. The lowest BCUT2D eigenvalue weighted by molar-refractivity contribution is 0.0626. The minimum atomic E-state index is 0.0524. The van der Waals surface area contributed by atoms with E-state index in [4.69, 9.17) is 4.98 Å². The summed E-state index contributed by atoms with van der Waals surface area (Å²) >= 11 is 0. The van der Waals surface area contributed by atoms with Crippen LogP contribution in [0.25, 0.3) is 16.7 Å². The van der Waals surface area contributed by atoms with Gasteiger partial charge >= 0.3 is 0 Å². The van der Waals surface area contributed by atoms with Crippen LogP contribution in [0.3, 0.4) is 0 Å². The number of pyridine rings is 2. The van der Waals surface area contributed by atoms with Crippen LogP contribution in [0.2, 0.25) is 0 Å². The quantitative estimate of drug-likeness (QED) is 0.511. The number of carbonyl (C=O) groups is 1. The summed E-state index contributed by atoms with van der Waals surface area (Å²) in [5.74, 6) is 0.0524. The van der Waals surface area contributed by atoms with E-state index in [-0.39, 0.29) is 11.9 Å². The van der Waals surface area contributed by atoms with Crippen LogP contribution in [0.5, 0.6) is 0 Å². The Morgan fingerprint density at radius 1 is 1.13 bits per heavy atom. The molecule has 8 heteroatoms. The molecule has 1 fully saturated rings. The average molecular weight is 418 g/mol. The largest absolute Gasteiger partial charge is 0.336 e. The molecular weight excluding hydrogens is 390 g/mol. The summed E-state index contributed by atoms with van der Waals surface area (Å²) in [6.07, 6.45) is 5.89. The highest BCUT2D eigenvalue weighted by Crippen LogP contribution is 2.21. The summed E-state index contributed by atoms with van der Waals surface area (Å²) in [6, 6.07) is 8.18. The second-order valence-electron chi connectivity index (χ2n) is 8.48. The summed E-state index contributed by atoms with van der Waals surface area (Å²) in [4.78, 5) is 26.9. The predicted octanol–water partition coefficient (Wildman–Crippen LogP) is 2.93. The van der Waals surface area contributed by atoms with E-state index in [9.17, 15) is 4.79 Å². The Hall–Kier alpha value is -3.26. The molecule has 0 atom stereocenters. The van der Waals surface area contributed by atoms with Crippen molar-refractivity contribution in [1.29, 1.82) is 0 Å². The van der Waals surface area contributed by atoms with Gasteiger partial charge in [-0.05, 0) is 39.0 Å². The number of aryl methyl sites for hydroxylation is 1. The van der Waals surface area contributed by atoms with Crippen molar-refractivity contribution in [2.45, 2.75) is 33.4 Å². The Labute approximate surface area is 181 Å². The van der Waals surface area contributed by atoms with Gasteiger partial charge in [-0.25, -0.2) is 14.6 Å². The fraction of sp³-hybridized carbons (Fsp3) is 0.391. The number of fused-ring (bicyclic) bond motifs is 2. The van der Waals surface area contributed by atoms with Gasteiger partial charge in [0.05, 0.1) is 23.1 Å². The number of nitrogens with zero attached hydrogens (tertiary/aromatic N) is 7. The van der Waals surface area contributed by atoms with E-state index in [0.29, 0.717) is 18.7 Å². The summed E-state index contributed by atoms with van der Waals surface area (Å²) < 4.78 is 3.94. The van der Waals surface area contributed by atoms with Crippen LogP contribution < -0.4 is 0 Å². The van der Waals surface area contributed by atoms with Crippen LogP contribution in [0.15, 0.2) is 42.9 Å². The zero-order valence-corrected chi connectivity index (χ0v) is 18.2. The zero-order chi connectivity index (χ0) is 21.5. The van der Waals surface area contributed by atoms with Gasteiger partial charge in [-0.1, -0.05) is 6.07 Å². The van der Waals surface area contributed by atoms with Crippen molar-refractivity contribution in [2.24, 2.45) is 0 Å². The molecule has 1 aliphatic heterocycles. The molecule has 0 spiro atoms. The van der Waals surface area contributed by atoms with Gasteiger partial charge in [0.15, 0.2) is 5.65 Å². The molecule has 0 bridgehead atoms. The number of piperazine rings is 1. The fourth-order valence-electron chi connectivity index (χ4n) is 4.23. The summed E-state index contributed by atoms with van der Waals surface area (Å²) in [5, 5.41) is 5.34. The Morgan fingerprint density at radius 2 is 1.94 bits per heavy atom. The molecule has 1 saturated heterocycles. The zero-order valence-electron chi connectivity index (χ0n) is 18.2. The van der Waals surface area contributed by atoms with Crippen LogP contribution >= 0.6 is 0 Å². The van der Waals surface area contributed by atoms with Gasteiger partial charge in [-0.3, -0.25) is 9.69 Å². The smallest absolute Gasteiger partial charge is 0.255 e. The van der Waals surface area contributed by atoms with Gasteiger partial charge < -0.3 is 9.30 Å². The number of rotatable bonds is 4. The number of imidazole rings is 1. The third-order valence-electron chi connectivity index (χ3n) is 5.94.